The molecule has 0 radical (unpaired) electrons. The summed E-state index contributed by atoms with van der Waals surface area (Å²) in [5.41, 5.74) is -0.105. The van der Waals surface area contributed by atoms with Crippen molar-refractivity contribution in [2.45, 2.75) is 91.4 Å². The molecule has 0 aromatic heterocycles. The SMILES string of the molecule is CCCNC(C)(C#N)CC(C)OC1CC(C)CC(C)(C)C1. The monoisotopic (exact) mass is 294 g/mol. The van der Waals surface area contributed by atoms with Crippen LogP contribution >= 0.6 is 0 Å². The summed E-state index contributed by atoms with van der Waals surface area (Å²) < 4.78 is 6.28. The highest BCUT2D eigenvalue weighted by Gasteiger charge is 2.34. The predicted octanol–water partition coefficient (Wildman–Crippen LogP) is 4.28. The van der Waals surface area contributed by atoms with E-state index in [-0.39, 0.29) is 6.10 Å². The first-order valence-corrected chi connectivity index (χ1v) is 8.51. The van der Waals surface area contributed by atoms with Gasteiger partial charge in [-0.3, -0.25) is 5.32 Å². The van der Waals surface area contributed by atoms with Gasteiger partial charge in [0.25, 0.3) is 0 Å². The Hall–Kier alpha value is -0.590. The van der Waals surface area contributed by atoms with Gasteiger partial charge in [-0.1, -0.05) is 27.7 Å². The standard InChI is InChI=1S/C18H34N2O/c1-7-8-20-18(6,13-19)11-15(3)21-16-9-14(2)10-17(4,5)12-16/h14-16,20H,7-12H2,1-6H3. The second kappa shape index (κ2) is 7.61. The van der Waals surface area contributed by atoms with Gasteiger partial charge in [-0.25, -0.2) is 0 Å². The van der Waals surface area contributed by atoms with Crippen molar-refractivity contribution in [2.75, 3.05) is 6.54 Å². The molecule has 4 unspecified atom stereocenters. The molecule has 122 valence electrons. The summed E-state index contributed by atoms with van der Waals surface area (Å²) >= 11 is 0. The van der Waals surface area contributed by atoms with Gasteiger partial charge in [0.15, 0.2) is 0 Å². The van der Waals surface area contributed by atoms with E-state index in [1.165, 1.54) is 6.42 Å². The third kappa shape index (κ3) is 6.36. The molecule has 0 amide bonds. The molecule has 21 heavy (non-hydrogen) atoms. The van der Waals surface area contributed by atoms with E-state index in [0.717, 1.165) is 38.1 Å². The maximum Gasteiger partial charge on any atom is 0.106 e. The summed E-state index contributed by atoms with van der Waals surface area (Å²) in [6.07, 6.45) is 5.82. The summed E-state index contributed by atoms with van der Waals surface area (Å²) in [7, 11) is 0. The lowest BCUT2D eigenvalue weighted by Crippen LogP contribution is -2.45. The number of nitrogens with zero attached hydrogens (tertiary/aromatic N) is 1. The predicted molar refractivity (Wildman–Crippen MR) is 88.1 cm³/mol. The van der Waals surface area contributed by atoms with Gasteiger partial charge in [-0.15, -0.1) is 0 Å². The molecule has 0 aromatic carbocycles. The van der Waals surface area contributed by atoms with Crippen molar-refractivity contribution in [3.05, 3.63) is 0 Å². The van der Waals surface area contributed by atoms with E-state index in [4.69, 9.17) is 4.74 Å². The van der Waals surface area contributed by atoms with E-state index in [0.29, 0.717) is 11.5 Å². The summed E-state index contributed by atoms with van der Waals surface area (Å²) in [5, 5.41) is 12.8. The molecule has 0 heterocycles. The van der Waals surface area contributed by atoms with E-state index in [1.807, 2.05) is 6.92 Å². The molecule has 1 fully saturated rings. The molecule has 1 N–H and O–H groups in total. The highest BCUT2D eigenvalue weighted by Crippen LogP contribution is 2.40. The van der Waals surface area contributed by atoms with Crippen molar-refractivity contribution in [3.63, 3.8) is 0 Å². The van der Waals surface area contributed by atoms with E-state index < -0.39 is 5.54 Å². The fourth-order valence-corrected chi connectivity index (χ4v) is 3.87. The molecular formula is C18H34N2O. The van der Waals surface area contributed by atoms with Crippen LogP contribution in [0.3, 0.4) is 0 Å². The highest BCUT2D eigenvalue weighted by molar-refractivity contribution is 5.04. The third-order valence-electron chi connectivity index (χ3n) is 4.48. The molecule has 1 saturated carbocycles. The van der Waals surface area contributed by atoms with Crippen LogP contribution in [0.4, 0.5) is 0 Å². The molecule has 0 bridgehead atoms. The summed E-state index contributed by atoms with van der Waals surface area (Å²) in [6, 6.07) is 2.42. The first-order chi connectivity index (χ1) is 9.69. The maximum absolute atomic E-state index is 9.42. The smallest absolute Gasteiger partial charge is 0.106 e. The fourth-order valence-electron chi connectivity index (χ4n) is 3.87. The van der Waals surface area contributed by atoms with Crippen LogP contribution in [-0.4, -0.2) is 24.3 Å². The van der Waals surface area contributed by atoms with Crippen LogP contribution in [0.2, 0.25) is 0 Å². The zero-order valence-corrected chi connectivity index (χ0v) is 14.8. The molecule has 1 aliphatic rings. The fraction of sp³-hybridized carbons (Fsp3) is 0.944. The second-order valence-electron chi connectivity index (χ2n) is 8.06. The van der Waals surface area contributed by atoms with E-state index >= 15 is 0 Å². The number of hydrogen-bond acceptors (Lipinski definition) is 3. The molecule has 3 nitrogen and oxygen atoms in total. The minimum atomic E-state index is -0.481. The van der Waals surface area contributed by atoms with Gasteiger partial charge < -0.3 is 4.74 Å². The number of nitriles is 1. The Balaban J connectivity index is 2.52. The van der Waals surface area contributed by atoms with Crippen LogP contribution in [0, 0.1) is 22.7 Å². The lowest BCUT2D eigenvalue weighted by atomic mass is 9.71. The molecular weight excluding hydrogens is 260 g/mol. The van der Waals surface area contributed by atoms with Crippen LogP contribution in [0.5, 0.6) is 0 Å². The molecule has 0 aliphatic heterocycles. The number of rotatable bonds is 7. The lowest BCUT2D eigenvalue weighted by Gasteiger charge is -2.40. The maximum atomic E-state index is 9.42. The molecule has 0 aromatic rings. The lowest BCUT2D eigenvalue weighted by molar-refractivity contribution is -0.0656. The minimum absolute atomic E-state index is 0.116. The third-order valence-corrected chi connectivity index (χ3v) is 4.48. The van der Waals surface area contributed by atoms with Crippen LogP contribution in [-0.2, 0) is 4.74 Å². The molecule has 0 spiro atoms. The Morgan fingerprint density at radius 2 is 2.10 bits per heavy atom. The van der Waals surface area contributed by atoms with Gasteiger partial charge in [-0.05, 0) is 57.4 Å². The first-order valence-electron chi connectivity index (χ1n) is 8.51. The van der Waals surface area contributed by atoms with Gasteiger partial charge in [0.1, 0.15) is 5.54 Å². The molecule has 1 aliphatic carbocycles. The molecule has 4 atom stereocenters. The highest BCUT2D eigenvalue weighted by atomic mass is 16.5. The number of hydrogen-bond donors (Lipinski definition) is 1. The summed E-state index contributed by atoms with van der Waals surface area (Å²) in [4.78, 5) is 0. The Kier molecular flexibility index (Phi) is 6.69. The first kappa shape index (κ1) is 18.5. The molecule has 1 rings (SSSR count). The van der Waals surface area contributed by atoms with Gasteiger partial charge in [0.05, 0.1) is 18.3 Å². The van der Waals surface area contributed by atoms with Crippen molar-refractivity contribution >= 4 is 0 Å². The number of ether oxygens (including phenoxy) is 1. The Labute approximate surface area is 131 Å². The van der Waals surface area contributed by atoms with Crippen molar-refractivity contribution < 1.29 is 4.74 Å². The van der Waals surface area contributed by atoms with Crippen molar-refractivity contribution in [3.8, 4) is 6.07 Å². The Bertz CT molecular complexity index is 361. The van der Waals surface area contributed by atoms with Gasteiger partial charge in [0, 0.05) is 6.42 Å². The van der Waals surface area contributed by atoms with Crippen molar-refractivity contribution in [1.29, 1.82) is 5.26 Å². The van der Waals surface area contributed by atoms with Gasteiger partial charge >= 0.3 is 0 Å². The second-order valence-corrected chi connectivity index (χ2v) is 8.06. The van der Waals surface area contributed by atoms with Crippen molar-refractivity contribution in [1.82, 2.24) is 5.32 Å². The number of nitrogens with one attached hydrogen (secondary N) is 1. The average molecular weight is 294 g/mol. The van der Waals surface area contributed by atoms with E-state index in [9.17, 15) is 5.26 Å². The zero-order valence-electron chi connectivity index (χ0n) is 14.8. The average Bonchev–Trinajstić information content (AvgIpc) is 2.33. The Morgan fingerprint density at radius 1 is 1.43 bits per heavy atom. The minimum Gasteiger partial charge on any atom is -0.375 e. The largest absolute Gasteiger partial charge is 0.375 e. The molecule has 3 heteroatoms. The summed E-state index contributed by atoms with van der Waals surface area (Å²) in [6.45, 7) is 14.1. The topological polar surface area (TPSA) is 45.0 Å². The summed E-state index contributed by atoms with van der Waals surface area (Å²) in [5.74, 6) is 0.728. The van der Waals surface area contributed by atoms with Gasteiger partial charge in [-0.2, -0.15) is 5.26 Å². The quantitative estimate of drug-likeness (QED) is 0.762. The Morgan fingerprint density at radius 3 is 2.62 bits per heavy atom. The van der Waals surface area contributed by atoms with E-state index in [2.05, 4.69) is 46.0 Å². The van der Waals surface area contributed by atoms with E-state index in [1.54, 1.807) is 0 Å². The molecule has 0 saturated heterocycles. The van der Waals surface area contributed by atoms with Crippen molar-refractivity contribution in [2.24, 2.45) is 11.3 Å². The van der Waals surface area contributed by atoms with Crippen LogP contribution in [0.15, 0.2) is 0 Å². The van der Waals surface area contributed by atoms with Crippen LogP contribution in [0.1, 0.15) is 73.6 Å². The van der Waals surface area contributed by atoms with Crippen LogP contribution < -0.4 is 5.32 Å². The normalized spacial score (nSPS) is 29.4. The van der Waals surface area contributed by atoms with Crippen LogP contribution in [0.25, 0.3) is 0 Å². The van der Waals surface area contributed by atoms with Gasteiger partial charge in [0.2, 0.25) is 0 Å². The zero-order chi connectivity index (χ0) is 16.1.